The molecule has 0 saturated heterocycles. The number of esters is 1. The van der Waals surface area contributed by atoms with Gasteiger partial charge in [-0.25, -0.2) is 0 Å². The number of nitrogens with zero attached hydrogens (tertiary/aromatic N) is 2. The summed E-state index contributed by atoms with van der Waals surface area (Å²) in [5.74, 6) is -0.0784. The molecule has 1 aromatic rings. The van der Waals surface area contributed by atoms with E-state index in [1.807, 2.05) is 0 Å². The highest BCUT2D eigenvalue weighted by molar-refractivity contribution is 5.97. The van der Waals surface area contributed by atoms with Gasteiger partial charge in [-0.2, -0.15) is 5.10 Å². The fraction of sp³-hybridized carbons (Fsp3) is 0.615. The highest BCUT2D eigenvalue weighted by Crippen LogP contribution is 2.42. The van der Waals surface area contributed by atoms with Crippen molar-refractivity contribution in [1.29, 1.82) is 0 Å². The number of amides is 1. The van der Waals surface area contributed by atoms with Gasteiger partial charge in [0.15, 0.2) is 5.69 Å². The van der Waals surface area contributed by atoms with Crippen molar-refractivity contribution in [2.45, 2.75) is 31.6 Å². The molecule has 20 heavy (non-hydrogen) atoms. The number of rotatable bonds is 6. The average molecular weight is 280 g/mol. The molecule has 1 aliphatic rings. The van der Waals surface area contributed by atoms with Crippen molar-refractivity contribution in [2.24, 2.45) is 0 Å². The lowest BCUT2D eigenvalue weighted by Gasteiger charge is -2.15. The minimum absolute atomic E-state index is 0.226. The zero-order chi connectivity index (χ0) is 14.7. The molecule has 7 heteroatoms. The van der Waals surface area contributed by atoms with Gasteiger partial charge < -0.3 is 15.4 Å². The molecule has 7 nitrogen and oxygen atoms in total. The van der Waals surface area contributed by atoms with Gasteiger partial charge in [0.05, 0.1) is 18.5 Å². The van der Waals surface area contributed by atoms with Gasteiger partial charge >= 0.3 is 5.97 Å². The molecular formula is C13H20N4O3. The minimum atomic E-state index is -0.277. The zero-order valence-electron chi connectivity index (χ0n) is 11.8. The number of carbonyl (C=O) groups excluding carboxylic acids is 2. The predicted molar refractivity (Wildman–Crippen MR) is 73.2 cm³/mol. The number of nitrogen functional groups attached to an aromatic ring is 1. The molecule has 1 aliphatic carbocycles. The highest BCUT2D eigenvalue weighted by Gasteiger charge is 2.30. The maximum atomic E-state index is 12.2. The Labute approximate surface area is 117 Å². The quantitative estimate of drug-likeness (QED) is 0.754. The van der Waals surface area contributed by atoms with Gasteiger partial charge in [0.2, 0.25) is 0 Å². The van der Waals surface area contributed by atoms with Crippen LogP contribution in [0.15, 0.2) is 0 Å². The molecular weight excluding hydrogens is 260 g/mol. The van der Waals surface area contributed by atoms with Gasteiger partial charge in [0, 0.05) is 25.9 Å². The lowest BCUT2D eigenvalue weighted by atomic mass is 10.2. The fourth-order valence-corrected chi connectivity index (χ4v) is 2.06. The van der Waals surface area contributed by atoms with Crippen LogP contribution in [0.2, 0.25) is 0 Å². The molecule has 1 amide bonds. The monoisotopic (exact) mass is 280 g/mol. The van der Waals surface area contributed by atoms with E-state index in [4.69, 9.17) is 5.73 Å². The van der Waals surface area contributed by atoms with E-state index < -0.39 is 0 Å². The summed E-state index contributed by atoms with van der Waals surface area (Å²) in [4.78, 5) is 24.7. The van der Waals surface area contributed by atoms with E-state index in [9.17, 15) is 9.59 Å². The first kappa shape index (κ1) is 14.4. The number of ether oxygens (including phenoxy) is 1. The van der Waals surface area contributed by atoms with Crippen molar-refractivity contribution in [1.82, 2.24) is 15.1 Å². The van der Waals surface area contributed by atoms with Crippen LogP contribution in [0.4, 0.5) is 5.69 Å². The van der Waals surface area contributed by atoms with Crippen LogP contribution in [-0.4, -0.2) is 47.7 Å². The summed E-state index contributed by atoms with van der Waals surface area (Å²) in [7, 11) is 3.02. The second-order valence-corrected chi connectivity index (χ2v) is 5.08. The lowest BCUT2D eigenvalue weighted by molar-refractivity contribution is -0.140. The normalized spacial score (nSPS) is 14.1. The maximum Gasteiger partial charge on any atom is 0.305 e. The molecule has 3 N–H and O–H groups in total. The molecule has 110 valence electrons. The number of aromatic amines is 1. The Kier molecular flexibility index (Phi) is 4.26. The third kappa shape index (κ3) is 3.09. The van der Waals surface area contributed by atoms with Crippen LogP contribution in [0.5, 0.6) is 0 Å². The Balaban J connectivity index is 1.91. The van der Waals surface area contributed by atoms with Gasteiger partial charge in [-0.05, 0) is 19.3 Å². The molecule has 0 bridgehead atoms. The lowest BCUT2D eigenvalue weighted by Crippen LogP contribution is -2.29. The SMILES string of the molecule is COC(=O)CCCN(C)C(=O)c1n[nH]c(C2CC2)c1N. The van der Waals surface area contributed by atoms with Gasteiger partial charge in [-0.3, -0.25) is 14.7 Å². The Morgan fingerprint density at radius 3 is 2.80 bits per heavy atom. The number of hydrogen-bond donors (Lipinski definition) is 2. The van der Waals surface area contributed by atoms with Crippen molar-refractivity contribution in [3.63, 3.8) is 0 Å². The summed E-state index contributed by atoms with van der Waals surface area (Å²) in [6, 6.07) is 0. The fourth-order valence-electron chi connectivity index (χ4n) is 2.06. The van der Waals surface area contributed by atoms with E-state index in [0.29, 0.717) is 24.6 Å². The van der Waals surface area contributed by atoms with Crippen LogP contribution in [0, 0.1) is 0 Å². The van der Waals surface area contributed by atoms with E-state index in [0.717, 1.165) is 18.5 Å². The van der Waals surface area contributed by atoms with Crippen LogP contribution in [0.1, 0.15) is 47.8 Å². The molecule has 1 saturated carbocycles. The molecule has 1 fully saturated rings. The highest BCUT2D eigenvalue weighted by atomic mass is 16.5. The number of aromatic nitrogens is 2. The van der Waals surface area contributed by atoms with E-state index >= 15 is 0 Å². The Hall–Kier alpha value is -2.05. The van der Waals surface area contributed by atoms with Gasteiger partial charge in [0.25, 0.3) is 5.91 Å². The number of anilines is 1. The topological polar surface area (TPSA) is 101 Å². The van der Waals surface area contributed by atoms with Crippen LogP contribution >= 0.6 is 0 Å². The van der Waals surface area contributed by atoms with E-state index in [-0.39, 0.29) is 24.0 Å². The predicted octanol–water partition coefficient (Wildman–Crippen LogP) is 0.894. The van der Waals surface area contributed by atoms with Crippen molar-refractivity contribution >= 4 is 17.6 Å². The molecule has 0 aliphatic heterocycles. The average Bonchev–Trinajstić information content (AvgIpc) is 3.21. The minimum Gasteiger partial charge on any atom is -0.469 e. The number of hydrogen-bond acceptors (Lipinski definition) is 5. The second-order valence-electron chi connectivity index (χ2n) is 5.08. The van der Waals surface area contributed by atoms with E-state index in [1.165, 1.54) is 12.0 Å². The number of H-pyrrole nitrogens is 1. The summed E-state index contributed by atoms with van der Waals surface area (Å²) in [6.45, 7) is 0.457. The molecule has 0 unspecified atom stereocenters. The molecule has 0 radical (unpaired) electrons. The number of carbonyl (C=O) groups is 2. The van der Waals surface area contributed by atoms with Crippen LogP contribution in [0.25, 0.3) is 0 Å². The number of nitrogens with one attached hydrogen (secondary N) is 1. The molecule has 2 rings (SSSR count). The Morgan fingerprint density at radius 1 is 1.50 bits per heavy atom. The smallest absolute Gasteiger partial charge is 0.305 e. The third-order valence-electron chi connectivity index (χ3n) is 3.47. The summed E-state index contributed by atoms with van der Waals surface area (Å²) in [5, 5.41) is 6.88. The number of nitrogens with two attached hydrogens (primary N) is 1. The molecule has 0 spiro atoms. The Morgan fingerprint density at radius 2 is 2.20 bits per heavy atom. The largest absolute Gasteiger partial charge is 0.469 e. The standard InChI is InChI=1S/C13H20N4O3/c1-17(7-3-4-9(18)20-2)13(19)12-10(14)11(15-16-12)8-5-6-8/h8H,3-7,14H2,1-2H3,(H,15,16). The summed E-state index contributed by atoms with van der Waals surface area (Å²) < 4.78 is 4.55. The molecule has 1 heterocycles. The first-order valence-corrected chi connectivity index (χ1v) is 6.70. The van der Waals surface area contributed by atoms with Crippen LogP contribution in [-0.2, 0) is 9.53 Å². The summed E-state index contributed by atoms with van der Waals surface area (Å²) in [5.41, 5.74) is 7.56. The van der Waals surface area contributed by atoms with Gasteiger partial charge in [-0.15, -0.1) is 0 Å². The van der Waals surface area contributed by atoms with Crippen LogP contribution < -0.4 is 5.73 Å². The molecule has 0 aromatic carbocycles. The summed E-state index contributed by atoms with van der Waals surface area (Å²) >= 11 is 0. The third-order valence-corrected chi connectivity index (χ3v) is 3.47. The maximum absolute atomic E-state index is 12.2. The number of methoxy groups -OCH3 is 1. The van der Waals surface area contributed by atoms with E-state index in [1.54, 1.807) is 7.05 Å². The van der Waals surface area contributed by atoms with Crippen molar-refractivity contribution in [3.8, 4) is 0 Å². The van der Waals surface area contributed by atoms with Gasteiger partial charge in [-0.1, -0.05) is 0 Å². The van der Waals surface area contributed by atoms with E-state index in [2.05, 4.69) is 14.9 Å². The zero-order valence-corrected chi connectivity index (χ0v) is 11.8. The molecule has 0 atom stereocenters. The van der Waals surface area contributed by atoms with Crippen molar-refractivity contribution < 1.29 is 14.3 Å². The Bertz CT molecular complexity index is 508. The first-order chi connectivity index (χ1) is 9.54. The summed E-state index contributed by atoms with van der Waals surface area (Å²) in [6.07, 6.45) is 3.02. The molecule has 1 aromatic heterocycles. The van der Waals surface area contributed by atoms with Gasteiger partial charge in [0.1, 0.15) is 0 Å². The second kappa shape index (κ2) is 5.94. The van der Waals surface area contributed by atoms with Crippen molar-refractivity contribution in [2.75, 3.05) is 26.4 Å². The van der Waals surface area contributed by atoms with Crippen molar-refractivity contribution in [3.05, 3.63) is 11.4 Å². The first-order valence-electron chi connectivity index (χ1n) is 6.70. The van der Waals surface area contributed by atoms with Crippen LogP contribution in [0.3, 0.4) is 0 Å².